The second-order valence-electron chi connectivity index (χ2n) is 6.48. The molecule has 6 heteroatoms. The number of hydrogen-bond acceptors (Lipinski definition) is 4. The zero-order valence-electron chi connectivity index (χ0n) is 15.1. The van der Waals surface area contributed by atoms with Crippen LogP contribution in [-0.4, -0.2) is 39.7 Å². The molecule has 0 unspecified atom stereocenters. The molecule has 1 aromatic heterocycles. The van der Waals surface area contributed by atoms with Crippen molar-refractivity contribution in [2.45, 2.75) is 17.2 Å². The number of aromatic hydroxyl groups is 1. The number of benzene rings is 2. The van der Waals surface area contributed by atoms with Crippen LogP contribution in [0.1, 0.15) is 21.6 Å². The first-order valence-electron chi connectivity index (χ1n) is 8.28. The average molecular weight is 370 g/mol. The van der Waals surface area contributed by atoms with Gasteiger partial charge >= 0.3 is 5.97 Å². The lowest BCUT2D eigenvalue weighted by Crippen LogP contribution is -2.12. The van der Waals surface area contributed by atoms with Crippen molar-refractivity contribution in [3.05, 3.63) is 59.3 Å². The average Bonchev–Trinajstić information content (AvgIpc) is 2.89. The number of thioether (sulfide) groups is 1. The van der Waals surface area contributed by atoms with Gasteiger partial charge in [-0.15, -0.1) is 11.8 Å². The fraction of sp³-hybridized carbons (Fsp3) is 0.250. The summed E-state index contributed by atoms with van der Waals surface area (Å²) in [5.41, 5.74) is 2.49. The van der Waals surface area contributed by atoms with Crippen LogP contribution in [0.15, 0.2) is 47.4 Å². The van der Waals surface area contributed by atoms with E-state index in [1.807, 2.05) is 60.9 Å². The third-order valence-corrected chi connectivity index (χ3v) is 5.40. The van der Waals surface area contributed by atoms with Gasteiger partial charge < -0.3 is 19.7 Å². The molecule has 0 spiro atoms. The lowest BCUT2D eigenvalue weighted by Gasteiger charge is -2.13. The quantitative estimate of drug-likeness (QED) is 0.644. The summed E-state index contributed by atoms with van der Waals surface area (Å²) in [4.78, 5) is 15.1. The van der Waals surface area contributed by atoms with Crippen molar-refractivity contribution in [1.29, 1.82) is 0 Å². The van der Waals surface area contributed by atoms with Gasteiger partial charge in [-0.2, -0.15) is 0 Å². The molecule has 0 saturated heterocycles. The highest BCUT2D eigenvalue weighted by Crippen LogP contribution is 2.36. The molecule has 0 aliphatic heterocycles. The van der Waals surface area contributed by atoms with Crippen LogP contribution in [0.5, 0.6) is 5.75 Å². The van der Waals surface area contributed by atoms with Gasteiger partial charge in [0.05, 0.1) is 5.56 Å². The standard InChI is InChI=1S/C20H22N2O3S/c1-21(2)11-14-17(23)10-9-15-18(14)19(20(24)25)16(22(15)3)12-26-13-7-5-4-6-8-13/h4-10,23H,11-12H2,1-3H3,(H,24,25). The van der Waals surface area contributed by atoms with Crippen molar-refractivity contribution in [2.75, 3.05) is 14.1 Å². The summed E-state index contributed by atoms with van der Waals surface area (Å²) < 4.78 is 1.92. The van der Waals surface area contributed by atoms with E-state index in [0.29, 0.717) is 23.2 Å². The Morgan fingerprint density at radius 1 is 1.15 bits per heavy atom. The van der Waals surface area contributed by atoms with Crippen LogP contribution in [0.3, 0.4) is 0 Å². The number of aromatic carboxylic acids is 1. The Morgan fingerprint density at radius 3 is 2.46 bits per heavy atom. The van der Waals surface area contributed by atoms with Crippen LogP contribution >= 0.6 is 11.8 Å². The minimum Gasteiger partial charge on any atom is -0.508 e. The molecule has 1 heterocycles. The van der Waals surface area contributed by atoms with Crippen molar-refractivity contribution in [3.63, 3.8) is 0 Å². The Morgan fingerprint density at radius 2 is 1.85 bits per heavy atom. The highest BCUT2D eigenvalue weighted by Gasteiger charge is 2.24. The minimum absolute atomic E-state index is 0.126. The third-order valence-electron chi connectivity index (χ3n) is 4.38. The number of rotatable bonds is 6. The summed E-state index contributed by atoms with van der Waals surface area (Å²) >= 11 is 1.60. The second-order valence-corrected chi connectivity index (χ2v) is 7.53. The maximum atomic E-state index is 12.1. The number of carbonyl (C=O) groups is 1. The maximum absolute atomic E-state index is 12.1. The summed E-state index contributed by atoms with van der Waals surface area (Å²) in [6.07, 6.45) is 0. The van der Waals surface area contributed by atoms with Crippen LogP contribution in [0.4, 0.5) is 0 Å². The van der Waals surface area contributed by atoms with Gasteiger partial charge in [0.1, 0.15) is 5.75 Å². The molecule has 0 saturated carbocycles. The van der Waals surface area contributed by atoms with Gasteiger partial charge in [-0.05, 0) is 38.4 Å². The van der Waals surface area contributed by atoms with E-state index in [0.717, 1.165) is 16.1 Å². The molecular weight excluding hydrogens is 348 g/mol. The number of phenols is 1. The summed E-state index contributed by atoms with van der Waals surface area (Å²) in [5, 5.41) is 20.9. The van der Waals surface area contributed by atoms with E-state index in [9.17, 15) is 15.0 Å². The van der Waals surface area contributed by atoms with Crippen LogP contribution in [-0.2, 0) is 19.3 Å². The van der Waals surface area contributed by atoms with Gasteiger partial charge in [0, 0.05) is 46.4 Å². The lowest BCUT2D eigenvalue weighted by atomic mass is 10.0. The molecule has 3 rings (SSSR count). The van der Waals surface area contributed by atoms with Gasteiger partial charge in [-0.1, -0.05) is 18.2 Å². The number of hydrogen-bond donors (Lipinski definition) is 2. The highest BCUT2D eigenvalue weighted by molar-refractivity contribution is 7.98. The summed E-state index contributed by atoms with van der Waals surface area (Å²) in [6.45, 7) is 0.471. The first-order valence-corrected chi connectivity index (χ1v) is 9.26. The largest absolute Gasteiger partial charge is 0.508 e. The maximum Gasteiger partial charge on any atom is 0.338 e. The SMILES string of the molecule is CN(C)Cc1c(O)ccc2c1c(C(=O)O)c(CSc1ccccc1)n2C. The molecule has 0 radical (unpaired) electrons. The Labute approximate surface area is 156 Å². The molecule has 0 fully saturated rings. The van der Waals surface area contributed by atoms with E-state index < -0.39 is 5.97 Å². The molecule has 0 atom stereocenters. The zero-order chi connectivity index (χ0) is 18.8. The number of aryl methyl sites for hydroxylation is 1. The predicted octanol–water partition coefficient (Wildman–Crippen LogP) is 3.94. The monoisotopic (exact) mass is 370 g/mol. The molecule has 0 amide bonds. The van der Waals surface area contributed by atoms with Crippen molar-refractivity contribution in [2.24, 2.45) is 7.05 Å². The zero-order valence-corrected chi connectivity index (χ0v) is 15.9. The van der Waals surface area contributed by atoms with Crippen molar-refractivity contribution >= 4 is 28.6 Å². The fourth-order valence-corrected chi connectivity index (χ4v) is 4.18. The Kier molecular flexibility index (Phi) is 5.25. The van der Waals surface area contributed by atoms with Gasteiger partial charge in [-0.3, -0.25) is 0 Å². The smallest absolute Gasteiger partial charge is 0.338 e. The molecule has 0 aliphatic carbocycles. The van der Waals surface area contributed by atoms with E-state index in [-0.39, 0.29) is 11.3 Å². The normalized spacial score (nSPS) is 11.4. The minimum atomic E-state index is -0.968. The topological polar surface area (TPSA) is 65.7 Å². The molecule has 3 aromatic rings. The van der Waals surface area contributed by atoms with Crippen molar-refractivity contribution < 1.29 is 15.0 Å². The Bertz CT molecular complexity index is 949. The second kappa shape index (κ2) is 7.43. The van der Waals surface area contributed by atoms with Gasteiger partial charge in [-0.25, -0.2) is 4.79 Å². The number of aromatic nitrogens is 1. The lowest BCUT2D eigenvalue weighted by molar-refractivity contribution is 0.0698. The summed E-state index contributed by atoms with van der Waals surface area (Å²) in [6, 6.07) is 13.3. The number of phenolic OH excluding ortho intramolecular Hbond substituents is 1. The molecule has 26 heavy (non-hydrogen) atoms. The van der Waals surface area contributed by atoms with Crippen LogP contribution < -0.4 is 0 Å². The number of nitrogens with zero attached hydrogens (tertiary/aromatic N) is 2. The summed E-state index contributed by atoms with van der Waals surface area (Å²) in [7, 11) is 5.67. The predicted molar refractivity (Wildman–Crippen MR) is 105 cm³/mol. The Balaban J connectivity index is 2.15. The number of fused-ring (bicyclic) bond motifs is 1. The third kappa shape index (κ3) is 3.43. The molecular formula is C20H22N2O3S. The van der Waals surface area contributed by atoms with E-state index in [4.69, 9.17) is 0 Å². The molecule has 2 N–H and O–H groups in total. The van der Waals surface area contributed by atoms with Crippen molar-refractivity contribution in [3.8, 4) is 5.75 Å². The Hall–Kier alpha value is -2.44. The van der Waals surface area contributed by atoms with E-state index >= 15 is 0 Å². The fourth-order valence-electron chi connectivity index (χ4n) is 3.18. The molecule has 0 aliphatic rings. The first kappa shape index (κ1) is 18.4. The van der Waals surface area contributed by atoms with Crippen LogP contribution in [0.2, 0.25) is 0 Å². The molecule has 0 bridgehead atoms. The van der Waals surface area contributed by atoms with Gasteiger partial charge in [0.15, 0.2) is 0 Å². The summed E-state index contributed by atoms with van der Waals surface area (Å²) in [5.74, 6) is -0.301. The van der Waals surface area contributed by atoms with Crippen LogP contribution in [0.25, 0.3) is 10.9 Å². The molecule has 5 nitrogen and oxygen atoms in total. The molecule has 2 aromatic carbocycles. The van der Waals surface area contributed by atoms with Crippen LogP contribution in [0, 0.1) is 0 Å². The van der Waals surface area contributed by atoms with E-state index in [2.05, 4.69) is 0 Å². The first-order chi connectivity index (χ1) is 12.4. The molecule has 136 valence electrons. The van der Waals surface area contributed by atoms with Crippen molar-refractivity contribution in [1.82, 2.24) is 9.47 Å². The van der Waals surface area contributed by atoms with Gasteiger partial charge in [0.25, 0.3) is 0 Å². The van der Waals surface area contributed by atoms with E-state index in [1.165, 1.54) is 0 Å². The number of carboxylic acids is 1. The van der Waals surface area contributed by atoms with E-state index in [1.54, 1.807) is 23.9 Å². The van der Waals surface area contributed by atoms with Gasteiger partial charge in [0.2, 0.25) is 0 Å². The number of carboxylic acid groups (broad SMARTS) is 1. The highest BCUT2D eigenvalue weighted by atomic mass is 32.2.